The zero-order valence-corrected chi connectivity index (χ0v) is 17.3. The van der Waals surface area contributed by atoms with Crippen LogP contribution >= 0.6 is 11.3 Å². The van der Waals surface area contributed by atoms with Crippen LogP contribution in [0.15, 0.2) is 53.1 Å². The third-order valence-corrected chi connectivity index (χ3v) is 6.64. The van der Waals surface area contributed by atoms with Crippen LogP contribution in [0.25, 0.3) is 16.5 Å². The van der Waals surface area contributed by atoms with E-state index < -0.39 is 0 Å². The predicted molar refractivity (Wildman–Crippen MR) is 113 cm³/mol. The number of piperidine rings is 1. The Morgan fingerprint density at radius 3 is 2.52 bits per heavy atom. The lowest BCUT2D eigenvalue weighted by atomic mass is 9.89. The molecular weight excluding hydrogens is 384 g/mol. The van der Waals surface area contributed by atoms with Gasteiger partial charge in [0.2, 0.25) is 16.7 Å². The van der Waals surface area contributed by atoms with Crippen LogP contribution in [0.2, 0.25) is 0 Å². The Morgan fingerprint density at radius 1 is 1.10 bits per heavy atom. The first-order valence-corrected chi connectivity index (χ1v) is 10.8. The summed E-state index contributed by atoms with van der Waals surface area (Å²) in [7, 11) is 0. The van der Waals surface area contributed by atoms with E-state index in [-0.39, 0.29) is 11.9 Å². The van der Waals surface area contributed by atoms with Crippen LogP contribution in [0.3, 0.4) is 0 Å². The van der Waals surface area contributed by atoms with Crippen LogP contribution in [-0.4, -0.2) is 37.7 Å². The van der Waals surface area contributed by atoms with Gasteiger partial charge in [-0.15, -0.1) is 5.10 Å². The van der Waals surface area contributed by atoms with Crippen LogP contribution in [0.4, 0.5) is 0 Å². The van der Waals surface area contributed by atoms with E-state index in [1.807, 2.05) is 12.1 Å². The number of hydrogen-bond donors (Lipinski definition) is 1. The van der Waals surface area contributed by atoms with Gasteiger partial charge in [0.05, 0.1) is 17.2 Å². The van der Waals surface area contributed by atoms with Gasteiger partial charge in [-0.25, -0.2) is 0 Å². The van der Waals surface area contributed by atoms with Crippen molar-refractivity contribution in [2.45, 2.75) is 26.3 Å². The second-order valence-electron chi connectivity index (χ2n) is 8.11. The molecule has 1 fully saturated rings. The Labute approximate surface area is 173 Å². The number of thiazole rings is 1. The van der Waals surface area contributed by atoms with Crippen molar-refractivity contribution < 1.29 is 9.52 Å². The molecule has 1 saturated heterocycles. The average molecular weight is 409 g/mol. The number of rotatable bonds is 4. The van der Waals surface area contributed by atoms with Gasteiger partial charge in [-0.3, -0.25) is 4.90 Å². The smallest absolute Gasteiger partial charge is 0.230 e. The fourth-order valence-corrected chi connectivity index (χ4v) is 5.64. The van der Waals surface area contributed by atoms with Crippen molar-refractivity contribution in [1.29, 1.82) is 0 Å². The first-order chi connectivity index (χ1) is 14.1. The number of fused-ring (bicyclic) bond motifs is 1. The average Bonchev–Trinajstić information content (AvgIpc) is 3.41. The van der Waals surface area contributed by atoms with Gasteiger partial charge in [-0.1, -0.05) is 55.5 Å². The number of aromatic hydroxyl groups is 1. The quantitative estimate of drug-likeness (QED) is 0.524. The van der Waals surface area contributed by atoms with Gasteiger partial charge in [0, 0.05) is 13.1 Å². The van der Waals surface area contributed by atoms with Gasteiger partial charge in [0.1, 0.15) is 0 Å². The maximum atomic E-state index is 11.1. The molecule has 4 aromatic rings. The van der Waals surface area contributed by atoms with Crippen molar-refractivity contribution in [3.05, 3.63) is 59.2 Å². The second-order valence-corrected chi connectivity index (χ2v) is 9.12. The zero-order chi connectivity index (χ0) is 20.0. The molecule has 1 aliphatic rings. The van der Waals surface area contributed by atoms with Crippen molar-refractivity contribution >= 4 is 16.3 Å². The highest BCUT2D eigenvalue weighted by molar-refractivity contribution is 7.17. The van der Waals surface area contributed by atoms with Crippen molar-refractivity contribution in [3.63, 3.8) is 0 Å². The third kappa shape index (κ3) is 3.34. The summed E-state index contributed by atoms with van der Waals surface area (Å²) in [6.45, 7) is 6.63. The molecule has 150 valence electrons. The van der Waals surface area contributed by atoms with Crippen molar-refractivity contribution in [2.75, 3.05) is 13.1 Å². The second kappa shape index (κ2) is 7.31. The molecule has 1 N–H and O–H groups in total. The number of benzene rings is 1. The molecule has 0 bridgehead atoms. The summed E-state index contributed by atoms with van der Waals surface area (Å²) >= 11 is 1.50. The number of likely N-dealkylation sites (tertiary alicyclic amines) is 1. The molecule has 0 saturated carbocycles. The number of hydrogen-bond acceptors (Lipinski definition) is 6. The number of furan rings is 1. The lowest BCUT2D eigenvalue weighted by Crippen LogP contribution is -2.41. The molecular formula is C22H24N4O2S. The molecule has 0 aliphatic carbocycles. The van der Waals surface area contributed by atoms with Crippen LogP contribution < -0.4 is 0 Å². The minimum absolute atomic E-state index is 0.0121. The molecule has 0 spiro atoms. The zero-order valence-electron chi connectivity index (χ0n) is 16.5. The summed E-state index contributed by atoms with van der Waals surface area (Å²) in [4.78, 5) is 8.64. The van der Waals surface area contributed by atoms with E-state index >= 15 is 0 Å². The first-order valence-electron chi connectivity index (χ1n) is 10.0. The Balaban J connectivity index is 1.59. The topological polar surface area (TPSA) is 66.8 Å². The Morgan fingerprint density at radius 2 is 1.86 bits per heavy atom. The monoisotopic (exact) mass is 408 g/mol. The first kappa shape index (κ1) is 18.4. The summed E-state index contributed by atoms with van der Waals surface area (Å²) in [6.07, 6.45) is 2.84. The molecule has 1 aromatic carbocycles. The van der Waals surface area contributed by atoms with Crippen LogP contribution in [0.1, 0.15) is 36.8 Å². The molecule has 1 aliphatic heterocycles. The van der Waals surface area contributed by atoms with E-state index in [2.05, 4.69) is 53.1 Å². The molecule has 4 heterocycles. The summed E-state index contributed by atoms with van der Waals surface area (Å²) < 4.78 is 6.93. The standard InChI is InChI=1S/C22H24N4O2S/c1-14-11-15(2)13-25(12-14)18(16-7-4-3-5-8-16)19-21(27)26-22(29-19)23-20(24-26)17-9-6-10-28-17/h3-10,14-15,18,27H,11-13H2,1-2H3/t14-,15-,18-/m0/s1. The van der Waals surface area contributed by atoms with Crippen LogP contribution in [-0.2, 0) is 0 Å². The molecule has 7 heteroatoms. The van der Waals surface area contributed by atoms with Gasteiger partial charge < -0.3 is 9.52 Å². The van der Waals surface area contributed by atoms with Crippen molar-refractivity contribution in [2.24, 2.45) is 11.8 Å². The number of nitrogens with zero attached hydrogens (tertiary/aromatic N) is 4. The Bertz CT molecular complexity index is 1090. The molecule has 6 nitrogen and oxygen atoms in total. The minimum Gasteiger partial charge on any atom is -0.492 e. The van der Waals surface area contributed by atoms with Gasteiger partial charge in [-0.2, -0.15) is 9.50 Å². The van der Waals surface area contributed by atoms with Gasteiger partial charge in [-0.05, 0) is 36.0 Å². The normalized spacial score (nSPS) is 21.6. The van der Waals surface area contributed by atoms with Crippen molar-refractivity contribution in [3.8, 4) is 17.5 Å². The Hall–Kier alpha value is -2.64. The van der Waals surface area contributed by atoms with Gasteiger partial charge >= 0.3 is 0 Å². The maximum absolute atomic E-state index is 11.1. The minimum atomic E-state index is -0.0121. The molecule has 0 radical (unpaired) electrons. The molecule has 3 atom stereocenters. The molecule has 5 rings (SSSR count). The van der Waals surface area contributed by atoms with E-state index in [0.29, 0.717) is 28.4 Å². The van der Waals surface area contributed by atoms with Crippen molar-refractivity contribution in [1.82, 2.24) is 19.5 Å². The van der Waals surface area contributed by atoms with E-state index in [0.717, 1.165) is 18.0 Å². The van der Waals surface area contributed by atoms with E-state index in [9.17, 15) is 5.11 Å². The fraction of sp³-hybridized carbons (Fsp3) is 0.364. The summed E-state index contributed by atoms with van der Waals surface area (Å²) in [5.41, 5.74) is 1.18. The predicted octanol–water partition coefficient (Wildman–Crippen LogP) is 4.82. The van der Waals surface area contributed by atoms with E-state index in [1.54, 1.807) is 12.3 Å². The SMILES string of the molecule is C[C@H]1C[C@H](C)CN([C@@H](c2ccccc2)c2sc3nc(-c4ccco4)nn3c2O)C1. The summed E-state index contributed by atoms with van der Waals surface area (Å²) in [5.74, 6) is 2.49. The molecule has 0 amide bonds. The lowest BCUT2D eigenvalue weighted by molar-refractivity contribution is 0.112. The molecule has 3 aromatic heterocycles. The summed E-state index contributed by atoms with van der Waals surface area (Å²) in [5, 5.41) is 15.6. The lowest BCUT2D eigenvalue weighted by Gasteiger charge is -2.40. The highest BCUT2D eigenvalue weighted by Crippen LogP contribution is 2.42. The van der Waals surface area contributed by atoms with Crippen LogP contribution in [0, 0.1) is 11.8 Å². The largest absolute Gasteiger partial charge is 0.492 e. The highest BCUT2D eigenvalue weighted by Gasteiger charge is 2.33. The summed E-state index contributed by atoms with van der Waals surface area (Å²) in [6, 6.07) is 14.0. The maximum Gasteiger partial charge on any atom is 0.230 e. The Kier molecular flexibility index (Phi) is 4.64. The van der Waals surface area contributed by atoms with Crippen LogP contribution in [0.5, 0.6) is 5.88 Å². The van der Waals surface area contributed by atoms with E-state index in [1.165, 1.54) is 27.8 Å². The highest BCUT2D eigenvalue weighted by atomic mass is 32.1. The van der Waals surface area contributed by atoms with Gasteiger partial charge in [0.15, 0.2) is 5.76 Å². The molecule has 0 unspecified atom stereocenters. The fourth-order valence-electron chi connectivity index (χ4n) is 4.52. The van der Waals surface area contributed by atoms with E-state index in [4.69, 9.17) is 4.42 Å². The molecule has 29 heavy (non-hydrogen) atoms. The van der Waals surface area contributed by atoms with Gasteiger partial charge in [0.25, 0.3) is 0 Å². The third-order valence-electron chi connectivity index (χ3n) is 5.57. The number of aromatic nitrogens is 3.